The van der Waals surface area contributed by atoms with Gasteiger partial charge >= 0.3 is 0 Å². The van der Waals surface area contributed by atoms with E-state index in [1.165, 1.54) is 6.07 Å². The molecule has 6 nitrogen and oxygen atoms in total. The number of amides is 1. The van der Waals surface area contributed by atoms with Crippen molar-refractivity contribution >= 4 is 11.6 Å². The van der Waals surface area contributed by atoms with E-state index in [4.69, 9.17) is 9.47 Å². The maximum atomic E-state index is 12.9. The van der Waals surface area contributed by atoms with Crippen molar-refractivity contribution in [1.82, 2.24) is 4.57 Å². The van der Waals surface area contributed by atoms with Gasteiger partial charge in [-0.2, -0.15) is 0 Å². The number of methoxy groups -OCH3 is 1. The van der Waals surface area contributed by atoms with Gasteiger partial charge in [0.25, 0.3) is 11.5 Å². The van der Waals surface area contributed by atoms with E-state index in [0.29, 0.717) is 42.3 Å². The van der Waals surface area contributed by atoms with Crippen molar-refractivity contribution in [2.75, 3.05) is 19.0 Å². The van der Waals surface area contributed by atoms with Crippen molar-refractivity contribution in [3.05, 3.63) is 51.9 Å². The summed E-state index contributed by atoms with van der Waals surface area (Å²) in [6.07, 6.45) is 2.59. The number of hydrogen-bond acceptors (Lipinski definition) is 4. The molecule has 0 aliphatic carbocycles. The minimum absolute atomic E-state index is 0.115. The number of benzene rings is 1. The molecule has 0 spiro atoms. The Morgan fingerprint density at radius 1 is 1.28 bits per heavy atom. The van der Waals surface area contributed by atoms with Crippen LogP contribution >= 0.6 is 0 Å². The van der Waals surface area contributed by atoms with Crippen LogP contribution in [0.2, 0.25) is 0 Å². The molecule has 6 heteroatoms. The van der Waals surface area contributed by atoms with Gasteiger partial charge in [0.05, 0.1) is 13.7 Å². The molecule has 25 heavy (non-hydrogen) atoms. The third-order valence-electron chi connectivity index (χ3n) is 4.28. The Hall–Kier alpha value is -2.76. The molecule has 1 aromatic heterocycles. The Balaban J connectivity index is 2.01. The number of ether oxygens (including phenoxy) is 2. The van der Waals surface area contributed by atoms with Gasteiger partial charge in [0.2, 0.25) is 0 Å². The lowest BCUT2D eigenvalue weighted by Gasteiger charge is -2.23. The summed E-state index contributed by atoms with van der Waals surface area (Å²) in [5.74, 6) is 0.734. The Labute approximate surface area is 146 Å². The molecule has 0 fully saturated rings. The first-order valence-electron chi connectivity index (χ1n) is 8.49. The van der Waals surface area contributed by atoms with Gasteiger partial charge in [-0.15, -0.1) is 0 Å². The number of anilines is 1. The summed E-state index contributed by atoms with van der Waals surface area (Å²) >= 11 is 0. The lowest BCUT2D eigenvalue weighted by atomic mass is 10.0. The first kappa shape index (κ1) is 17.1. The van der Waals surface area contributed by atoms with E-state index in [1.807, 2.05) is 19.1 Å². The molecular weight excluding hydrogens is 320 g/mol. The second-order valence-electron chi connectivity index (χ2n) is 5.90. The predicted octanol–water partition coefficient (Wildman–Crippen LogP) is 2.84. The number of nitrogens with zero attached hydrogens (tertiary/aromatic N) is 1. The van der Waals surface area contributed by atoms with E-state index < -0.39 is 0 Å². The maximum Gasteiger partial charge on any atom is 0.261 e. The quantitative estimate of drug-likeness (QED) is 0.907. The van der Waals surface area contributed by atoms with E-state index in [-0.39, 0.29) is 11.5 Å². The van der Waals surface area contributed by atoms with Gasteiger partial charge in [0.1, 0.15) is 17.1 Å². The number of nitrogens with one attached hydrogen (secondary N) is 1. The van der Waals surface area contributed by atoms with E-state index >= 15 is 0 Å². The largest absolute Gasteiger partial charge is 0.497 e. The molecule has 1 amide bonds. The Morgan fingerprint density at radius 2 is 2.12 bits per heavy atom. The van der Waals surface area contributed by atoms with Crippen LogP contribution in [0, 0.1) is 0 Å². The average molecular weight is 342 g/mol. The summed E-state index contributed by atoms with van der Waals surface area (Å²) in [6.45, 7) is 2.86. The monoisotopic (exact) mass is 342 g/mol. The molecule has 0 atom stereocenters. The van der Waals surface area contributed by atoms with Crippen molar-refractivity contribution < 1.29 is 14.3 Å². The number of pyridine rings is 1. The van der Waals surface area contributed by atoms with Gasteiger partial charge in [-0.3, -0.25) is 9.59 Å². The van der Waals surface area contributed by atoms with Crippen molar-refractivity contribution in [2.24, 2.45) is 0 Å². The van der Waals surface area contributed by atoms with Crippen LogP contribution in [-0.2, 0) is 13.0 Å². The van der Waals surface area contributed by atoms with E-state index in [9.17, 15) is 9.59 Å². The third kappa shape index (κ3) is 3.52. The van der Waals surface area contributed by atoms with Crippen LogP contribution < -0.4 is 20.3 Å². The van der Waals surface area contributed by atoms with Gasteiger partial charge in [0.15, 0.2) is 0 Å². The lowest BCUT2D eigenvalue weighted by Crippen LogP contribution is -2.31. The topological polar surface area (TPSA) is 69.6 Å². The maximum absolute atomic E-state index is 12.9. The molecule has 132 valence electrons. The minimum atomic E-state index is -0.276. The molecular formula is C19H22N2O4. The summed E-state index contributed by atoms with van der Waals surface area (Å²) < 4.78 is 12.5. The number of fused-ring (bicyclic) bond motifs is 1. The van der Waals surface area contributed by atoms with Crippen molar-refractivity contribution in [2.45, 2.75) is 32.7 Å². The molecule has 1 N–H and O–H groups in total. The summed E-state index contributed by atoms with van der Waals surface area (Å²) in [4.78, 5) is 25.3. The molecule has 2 aromatic rings. The highest BCUT2D eigenvalue weighted by Crippen LogP contribution is 2.27. The Morgan fingerprint density at radius 3 is 2.88 bits per heavy atom. The SMILES string of the molecule is CCOc1cc(=O)n2c(c1C(=O)Nc1cccc(OC)c1)CCCC2. The highest BCUT2D eigenvalue weighted by atomic mass is 16.5. The van der Waals surface area contributed by atoms with Crippen molar-refractivity contribution in [3.63, 3.8) is 0 Å². The van der Waals surface area contributed by atoms with Crippen LogP contribution in [0.3, 0.4) is 0 Å². The summed E-state index contributed by atoms with van der Waals surface area (Å²) in [7, 11) is 1.58. The van der Waals surface area contributed by atoms with E-state index in [0.717, 1.165) is 18.5 Å². The molecule has 0 radical (unpaired) electrons. The number of carbonyl (C=O) groups is 1. The molecule has 2 heterocycles. The summed E-state index contributed by atoms with van der Waals surface area (Å²) in [5.41, 5.74) is 1.72. The van der Waals surface area contributed by atoms with Gasteiger partial charge in [-0.25, -0.2) is 0 Å². The van der Waals surface area contributed by atoms with Crippen molar-refractivity contribution in [1.29, 1.82) is 0 Å². The van der Waals surface area contributed by atoms with Crippen LogP contribution in [-0.4, -0.2) is 24.2 Å². The zero-order valence-corrected chi connectivity index (χ0v) is 14.5. The fraction of sp³-hybridized carbons (Fsp3) is 0.368. The third-order valence-corrected chi connectivity index (χ3v) is 4.28. The minimum Gasteiger partial charge on any atom is -0.497 e. The highest BCUT2D eigenvalue weighted by Gasteiger charge is 2.24. The molecule has 1 aliphatic heterocycles. The molecule has 3 rings (SSSR count). The summed E-state index contributed by atoms with van der Waals surface area (Å²) in [6, 6.07) is 8.58. The van der Waals surface area contributed by atoms with Gasteiger partial charge in [-0.1, -0.05) is 6.07 Å². The van der Waals surface area contributed by atoms with Crippen LogP contribution in [0.25, 0.3) is 0 Å². The first-order chi connectivity index (χ1) is 12.1. The van der Waals surface area contributed by atoms with Crippen LogP contribution in [0.5, 0.6) is 11.5 Å². The highest BCUT2D eigenvalue weighted by molar-refractivity contribution is 6.07. The zero-order chi connectivity index (χ0) is 17.8. The Bertz CT molecular complexity index is 842. The summed E-state index contributed by atoms with van der Waals surface area (Å²) in [5, 5.41) is 2.89. The van der Waals surface area contributed by atoms with Crippen LogP contribution in [0.15, 0.2) is 35.1 Å². The standard InChI is InChI=1S/C19H22N2O4/c1-3-25-16-12-17(22)21-10-5-4-9-15(21)18(16)19(23)20-13-7-6-8-14(11-13)24-2/h6-8,11-12H,3-5,9-10H2,1-2H3,(H,20,23). The van der Waals surface area contributed by atoms with Crippen LogP contribution in [0.1, 0.15) is 35.8 Å². The van der Waals surface area contributed by atoms with Gasteiger partial charge < -0.3 is 19.4 Å². The number of aromatic nitrogens is 1. The molecule has 0 bridgehead atoms. The Kier molecular flexibility index (Phi) is 5.07. The van der Waals surface area contributed by atoms with Crippen LogP contribution in [0.4, 0.5) is 5.69 Å². The number of hydrogen-bond donors (Lipinski definition) is 1. The zero-order valence-electron chi connectivity index (χ0n) is 14.5. The second kappa shape index (κ2) is 7.42. The average Bonchev–Trinajstić information content (AvgIpc) is 2.62. The lowest BCUT2D eigenvalue weighted by molar-refractivity contribution is 0.102. The molecule has 0 saturated carbocycles. The smallest absolute Gasteiger partial charge is 0.261 e. The van der Waals surface area contributed by atoms with E-state index in [1.54, 1.807) is 23.8 Å². The van der Waals surface area contributed by atoms with Gasteiger partial charge in [0, 0.05) is 30.1 Å². The number of carbonyl (C=O) groups excluding carboxylic acids is 1. The first-order valence-corrected chi connectivity index (χ1v) is 8.49. The second-order valence-corrected chi connectivity index (χ2v) is 5.90. The molecule has 1 aromatic carbocycles. The molecule has 0 unspecified atom stereocenters. The normalized spacial score (nSPS) is 13.0. The van der Waals surface area contributed by atoms with E-state index in [2.05, 4.69) is 5.32 Å². The fourth-order valence-corrected chi connectivity index (χ4v) is 3.15. The molecule has 1 aliphatic rings. The van der Waals surface area contributed by atoms with Gasteiger partial charge in [-0.05, 0) is 38.3 Å². The fourth-order valence-electron chi connectivity index (χ4n) is 3.15. The number of rotatable bonds is 5. The van der Waals surface area contributed by atoms with Crippen molar-refractivity contribution in [3.8, 4) is 11.5 Å². The molecule has 0 saturated heterocycles. The predicted molar refractivity (Wildman–Crippen MR) is 95.8 cm³/mol.